The summed E-state index contributed by atoms with van der Waals surface area (Å²) in [7, 11) is 3.82. The molecule has 0 aromatic heterocycles. The molecule has 0 radical (unpaired) electrons. The molecule has 37 heavy (non-hydrogen) atoms. The highest BCUT2D eigenvalue weighted by Gasteiger charge is 2.41. The van der Waals surface area contributed by atoms with Crippen LogP contribution in [-0.4, -0.2) is 71.7 Å². The topological polar surface area (TPSA) is 72.8 Å². The van der Waals surface area contributed by atoms with E-state index in [0.29, 0.717) is 6.37 Å². The highest BCUT2D eigenvalue weighted by atomic mass is 127. The highest BCUT2D eigenvalue weighted by molar-refractivity contribution is 14.2. The average molecular weight is 640 g/mol. The van der Waals surface area contributed by atoms with E-state index in [1.54, 1.807) is 6.08 Å². The first-order chi connectivity index (χ1) is 17.9. The number of likely N-dealkylation sites (tertiary alicyclic amines) is 1. The number of nitrogens with two attached hydrogens (primary N) is 1. The molecule has 0 spiro atoms. The molecule has 10 heteroatoms. The second-order valence-electron chi connectivity index (χ2n) is 10.1. The van der Waals surface area contributed by atoms with E-state index in [4.69, 9.17) is 10.8 Å². The molecule has 202 valence electrons. The van der Waals surface area contributed by atoms with Crippen molar-refractivity contribution in [2.24, 2.45) is 32.8 Å². The van der Waals surface area contributed by atoms with Crippen molar-refractivity contribution < 1.29 is 4.39 Å². The second kappa shape index (κ2) is 12.9. The van der Waals surface area contributed by atoms with Crippen LogP contribution in [0, 0.1) is 11.8 Å². The maximum Gasteiger partial charge on any atom is 0.132 e. The van der Waals surface area contributed by atoms with E-state index in [0.717, 1.165) is 60.7 Å². The number of aliphatic imine (C=N–C) groups is 1. The molecular formula is C27H40FIN7P. The maximum atomic E-state index is 15.4. The third kappa shape index (κ3) is 5.97. The van der Waals surface area contributed by atoms with Gasteiger partial charge in [-0.25, -0.2) is 4.39 Å². The van der Waals surface area contributed by atoms with Crippen molar-refractivity contribution in [2.45, 2.75) is 64.5 Å². The number of hydrazone groups is 2. The third-order valence-electron chi connectivity index (χ3n) is 7.73. The Labute approximate surface area is 235 Å². The van der Waals surface area contributed by atoms with Crippen molar-refractivity contribution in [1.82, 2.24) is 14.7 Å². The van der Waals surface area contributed by atoms with E-state index in [-0.39, 0.29) is 29.7 Å². The Hall–Kier alpha value is -1.74. The van der Waals surface area contributed by atoms with Crippen LogP contribution in [0.1, 0.15) is 52.4 Å². The van der Waals surface area contributed by atoms with Gasteiger partial charge in [-0.15, -0.1) is 0 Å². The SMILES string of the molecule is CCC/C(N)=C(\C=C\C1=NN(PI)C2C=C(F)C(C3C=NN(C)C3CC)=CC12)C(=NC)N1CCCCC1. The van der Waals surface area contributed by atoms with Crippen LogP contribution in [0.15, 0.2) is 62.2 Å². The van der Waals surface area contributed by atoms with Crippen LogP contribution in [0.2, 0.25) is 0 Å². The van der Waals surface area contributed by atoms with Gasteiger partial charge in [-0.1, -0.05) is 26.3 Å². The van der Waals surface area contributed by atoms with E-state index in [9.17, 15) is 0 Å². The summed E-state index contributed by atoms with van der Waals surface area (Å²) < 4.78 is 17.4. The van der Waals surface area contributed by atoms with Gasteiger partial charge < -0.3 is 10.6 Å². The lowest BCUT2D eigenvalue weighted by Crippen LogP contribution is -2.37. The van der Waals surface area contributed by atoms with E-state index in [1.165, 1.54) is 19.3 Å². The first-order valence-electron chi connectivity index (χ1n) is 13.4. The van der Waals surface area contributed by atoms with Crippen molar-refractivity contribution in [3.8, 4) is 0 Å². The van der Waals surface area contributed by atoms with Crippen molar-refractivity contribution in [1.29, 1.82) is 0 Å². The van der Waals surface area contributed by atoms with Gasteiger partial charge >= 0.3 is 0 Å². The Morgan fingerprint density at radius 1 is 1.24 bits per heavy atom. The number of hydrogen-bond acceptors (Lipinski definition) is 6. The van der Waals surface area contributed by atoms with Crippen molar-refractivity contribution in [3.63, 3.8) is 0 Å². The predicted molar refractivity (Wildman–Crippen MR) is 164 cm³/mol. The monoisotopic (exact) mass is 639 g/mol. The van der Waals surface area contributed by atoms with Gasteiger partial charge in [-0.05, 0) is 77.9 Å². The third-order valence-corrected chi connectivity index (χ3v) is 9.78. The van der Waals surface area contributed by atoms with E-state index in [1.807, 2.05) is 30.1 Å². The van der Waals surface area contributed by atoms with Crippen LogP contribution in [0.25, 0.3) is 0 Å². The van der Waals surface area contributed by atoms with Gasteiger partial charge in [0.15, 0.2) is 0 Å². The Balaban J connectivity index is 1.66. The summed E-state index contributed by atoms with van der Waals surface area (Å²) in [6.07, 6.45) is 16.6. The Kier molecular flexibility index (Phi) is 9.84. The van der Waals surface area contributed by atoms with Crippen LogP contribution in [0.4, 0.5) is 4.39 Å². The predicted octanol–water partition coefficient (Wildman–Crippen LogP) is 5.79. The summed E-state index contributed by atoms with van der Waals surface area (Å²) >= 11 is 2.33. The fourth-order valence-electron chi connectivity index (χ4n) is 5.79. The molecule has 0 aromatic carbocycles. The van der Waals surface area contributed by atoms with Gasteiger partial charge in [0.2, 0.25) is 0 Å². The molecule has 3 aliphatic heterocycles. The molecule has 0 aromatic rings. The molecule has 0 bridgehead atoms. The first-order valence-corrected chi connectivity index (χ1v) is 17.5. The largest absolute Gasteiger partial charge is 0.401 e. The molecule has 5 atom stereocenters. The van der Waals surface area contributed by atoms with Gasteiger partial charge in [-0.3, -0.25) is 14.8 Å². The quantitative estimate of drug-likeness (QED) is 0.120. The Morgan fingerprint density at radius 3 is 2.65 bits per heavy atom. The molecule has 3 heterocycles. The van der Waals surface area contributed by atoms with E-state index < -0.39 is 0 Å². The summed E-state index contributed by atoms with van der Waals surface area (Å²) in [5.41, 5.74) is 10.1. The highest BCUT2D eigenvalue weighted by Crippen LogP contribution is 2.44. The number of rotatable bonds is 8. The van der Waals surface area contributed by atoms with Gasteiger partial charge in [-0.2, -0.15) is 10.2 Å². The van der Waals surface area contributed by atoms with Gasteiger partial charge in [0.25, 0.3) is 0 Å². The minimum Gasteiger partial charge on any atom is -0.401 e. The molecule has 2 N–H and O–H groups in total. The smallest absolute Gasteiger partial charge is 0.132 e. The summed E-state index contributed by atoms with van der Waals surface area (Å²) in [5.74, 6) is 0.744. The molecule has 1 fully saturated rings. The summed E-state index contributed by atoms with van der Waals surface area (Å²) in [5, 5.41) is 11.3. The fraction of sp³-hybridized carbons (Fsp3) is 0.593. The zero-order chi connectivity index (χ0) is 26.5. The number of hydrogen-bond donors (Lipinski definition) is 1. The minimum absolute atomic E-state index is 0.0181. The number of piperidine rings is 1. The van der Waals surface area contributed by atoms with Crippen LogP contribution < -0.4 is 5.73 Å². The molecule has 1 saturated heterocycles. The first kappa shape index (κ1) is 28.3. The number of nitrogens with zero attached hydrogens (tertiary/aromatic N) is 6. The summed E-state index contributed by atoms with van der Waals surface area (Å²) in [6.45, 7) is 6.28. The van der Waals surface area contributed by atoms with Gasteiger partial charge in [0.1, 0.15) is 11.7 Å². The normalized spacial score (nSPS) is 29.3. The van der Waals surface area contributed by atoms with Crippen LogP contribution in [0.5, 0.6) is 0 Å². The number of fused-ring (bicyclic) bond motifs is 1. The number of halogens is 2. The zero-order valence-corrected chi connectivity index (χ0v) is 25.5. The molecular weight excluding hydrogens is 599 g/mol. The fourth-order valence-corrected chi connectivity index (χ4v) is 7.58. The van der Waals surface area contributed by atoms with Crippen molar-refractivity contribution in [3.05, 3.63) is 47.0 Å². The zero-order valence-electron chi connectivity index (χ0n) is 22.4. The van der Waals surface area contributed by atoms with Crippen LogP contribution in [-0.2, 0) is 0 Å². The molecule has 0 saturated carbocycles. The lowest BCUT2D eigenvalue weighted by atomic mass is 9.81. The lowest BCUT2D eigenvalue weighted by molar-refractivity contribution is 0.249. The second-order valence-corrected chi connectivity index (χ2v) is 12.1. The minimum atomic E-state index is -0.148. The number of allylic oxidation sites excluding steroid dienone is 3. The van der Waals surface area contributed by atoms with Crippen LogP contribution in [0.3, 0.4) is 0 Å². The average Bonchev–Trinajstić information content (AvgIpc) is 3.45. The Morgan fingerprint density at radius 2 is 2.00 bits per heavy atom. The molecule has 1 aliphatic carbocycles. The molecule has 7 nitrogen and oxygen atoms in total. The van der Waals surface area contributed by atoms with E-state index >= 15 is 4.39 Å². The van der Waals surface area contributed by atoms with Crippen molar-refractivity contribution in [2.75, 3.05) is 27.2 Å². The van der Waals surface area contributed by atoms with E-state index in [2.05, 4.69) is 69.1 Å². The van der Waals surface area contributed by atoms with Crippen molar-refractivity contribution >= 4 is 46.2 Å². The Bertz CT molecular complexity index is 1060. The molecule has 0 amide bonds. The molecule has 4 aliphatic rings. The standard InChI is InChI=1S/C27H40FIN7P/c1-5-10-23(30)18(27(31-3)35-13-8-7-9-14-35)11-12-24-20-15-19(21-17-32-34(4)25(21)6-2)22(28)16-26(20)36(33-24)37-29/h11-12,15-17,20-21,25-26,37H,5-10,13-14,30H2,1-4H3/b12-11+,23-18-,31-27?. The van der Waals surface area contributed by atoms with Gasteiger partial charge in [0.05, 0.1) is 24.2 Å². The maximum absolute atomic E-state index is 15.4. The number of amidine groups is 1. The van der Waals surface area contributed by atoms with Gasteiger partial charge in [0, 0.05) is 56.5 Å². The summed E-state index contributed by atoms with van der Waals surface area (Å²) in [4.78, 5) is 7.05. The molecule has 5 unspecified atom stereocenters. The lowest BCUT2D eigenvalue weighted by Gasteiger charge is -2.31. The molecule has 4 rings (SSSR count). The summed E-state index contributed by atoms with van der Waals surface area (Å²) in [6, 6.07) is 0.0506. The van der Waals surface area contributed by atoms with Crippen LogP contribution >= 0.6 is 28.4 Å².